The minimum atomic E-state index is -0.128. The third-order valence-corrected chi connectivity index (χ3v) is 5.17. The lowest BCUT2D eigenvalue weighted by Crippen LogP contribution is -2.11. The van der Waals surface area contributed by atoms with Crippen molar-refractivity contribution in [3.8, 4) is 22.8 Å². The number of aromatic nitrogens is 4. The lowest BCUT2D eigenvalue weighted by Gasteiger charge is -2.13. The van der Waals surface area contributed by atoms with Crippen molar-refractivity contribution in [3.63, 3.8) is 0 Å². The number of ether oxygens (including phenoxy) is 1. The first kappa shape index (κ1) is 21.0. The van der Waals surface area contributed by atoms with E-state index in [-0.39, 0.29) is 12.6 Å². The van der Waals surface area contributed by atoms with Gasteiger partial charge in [0.25, 0.3) is 0 Å². The normalized spacial score (nSPS) is 12.3. The van der Waals surface area contributed by atoms with Crippen LogP contribution in [0.3, 0.4) is 0 Å². The summed E-state index contributed by atoms with van der Waals surface area (Å²) in [5.41, 5.74) is 10.4. The highest BCUT2D eigenvalue weighted by Gasteiger charge is 2.15. The van der Waals surface area contributed by atoms with Gasteiger partial charge in [-0.25, -0.2) is 9.67 Å². The van der Waals surface area contributed by atoms with E-state index < -0.39 is 0 Å². The highest BCUT2D eigenvalue weighted by atomic mass is 16.5. The van der Waals surface area contributed by atoms with Gasteiger partial charge in [0, 0.05) is 11.6 Å². The zero-order chi connectivity index (χ0) is 21.8. The molecule has 0 aliphatic heterocycles. The van der Waals surface area contributed by atoms with E-state index in [0.29, 0.717) is 18.1 Å². The number of hydrogen-bond acceptors (Lipinski definition) is 6. The van der Waals surface area contributed by atoms with Crippen LogP contribution in [0.1, 0.15) is 44.1 Å². The predicted molar refractivity (Wildman–Crippen MR) is 121 cm³/mol. The van der Waals surface area contributed by atoms with E-state index in [4.69, 9.17) is 15.5 Å². The quantitative estimate of drug-likeness (QED) is 0.446. The van der Waals surface area contributed by atoms with Crippen molar-refractivity contribution in [2.45, 2.75) is 39.3 Å². The minimum Gasteiger partial charge on any atom is -0.493 e. The van der Waals surface area contributed by atoms with Gasteiger partial charge in [-0.1, -0.05) is 25.5 Å². The molecule has 31 heavy (non-hydrogen) atoms. The Labute approximate surface area is 181 Å². The predicted octanol–water partition coefficient (Wildman–Crippen LogP) is 4.17. The fourth-order valence-electron chi connectivity index (χ4n) is 3.65. The van der Waals surface area contributed by atoms with Crippen LogP contribution < -0.4 is 10.5 Å². The van der Waals surface area contributed by atoms with Gasteiger partial charge in [0.1, 0.15) is 5.75 Å². The molecule has 3 N–H and O–H groups in total. The van der Waals surface area contributed by atoms with E-state index in [1.807, 2.05) is 49.4 Å². The third-order valence-electron chi connectivity index (χ3n) is 5.17. The highest BCUT2D eigenvalue weighted by Crippen LogP contribution is 2.33. The van der Waals surface area contributed by atoms with Gasteiger partial charge >= 0.3 is 0 Å². The summed E-state index contributed by atoms with van der Waals surface area (Å²) in [4.78, 5) is 9.32. The maximum Gasteiger partial charge on any atom is 0.154 e. The van der Waals surface area contributed by atoms with Crippen LogP contribution in [0.2, 0.25) is 0 Å². The Morgan fingerprint density at radius 1 is 1.10 bits per heavy atom. The van der Waals surface area contributed by atoms with Gasteiger partial charge < -0.3 is 15.6 Å². The van der Waals surface area contributed by atoms with Crippen LogP contribution in [-0.4, -0.2) is 31.5 Å². The Kier molecular flexibility index (Phi) is 6.25. The smallest absolute Gasteiger partial charge is 0.154 e. The third kappa shape index (κ3) is 4.28. The molecule has 0 saturated carbocycles. The van der Waals surface area contributed by atoms with E-state index in [2.05, 4.69) is 17.0 Å². The van der Waals surface area contributed by atoms with Crippen LogP contribution in [0.25, 0.3) is 28.0 Å². The summed E-state index contributed by atoms with van der Waals surface area (Å²) in [7, 11) is 0. The summed E-state index contributed by atoms with van der Waals surface area (Å²) < 4.78 is 7.68. The molecule has 0 bridgehead atoms. The molecule has 0 amide bonds. The lowest BCUT2D eigenvalue weighted by molar-refractivity contribution is 0.276. The number of benzene rings is 1. The number of fused-ring (bicyclic) bond motifs is 1. The Balaban J connectivity index is 1.86. The largest absolute Gasteiger partial charge is 0.493 e. The molecule has 3 aromatic heterocycles. The molecule has 4 rings (SSSR count). The molecule has 0 spiro atoms. The summed E-state index contributed by atoms with van der Waals surface area (Å²) in [5, 5.41) is 14.9. The Hall–Kier alpha value is -3.29. The minimum absolute atomic E-state index is 0.0870. The zero-order valence-corrected chi connectivity index (χ0v) is 17.8. The summed E-state index contributed by atoms with van der Waals surface area (Å²) in [6, 6.07) is 15.4. The van der Waals surface area contributed by atoms with E-state index in [1.165, 1.54) is 0 Å². The summed E-state index contributed by atoms with van der Waals surface area (Å²) in [6.45, 7) is 4.48. The molecule has 1 aromatic carbocycles. The first-order valence-corrected chi connectivity index (χ1v) is 10.6. The second-order valence-corrected chi connectivity index (χ2v) is 7.38. The average molecular weight is 418 g/mol. The molecule has 0 radical (unpaired) electrons. The molecule has 0 unspecified atom stereocenters. The van der Waals surface area contributed by atoms with Crippen LogP contribution in [-0.2, 0) is 6.61 Å². The van der Waals surface area contributed by atoms with E-state index in [9.17, 15) is 5.11 Å². The van der Waals surface area contributed by atoms with Gasteiger partial charge in [-0.3, -0.25) is 4.98 Å². The molecule has 3 heterocycles. The average Bonchev–Trinajstić information content (AvgIpc) is 3.24. The van der Waals surface area contributed by atoms with Crippen molar-refractivity contribution >= 4 is 10.9 Å². The Bertz CT molecular complexity index is 1190. The summed E-state index contributed by atoms with van der Waals surface area (Å²) in [6.07, 6.45) is 3.67. The molecule has 0 fully saturated rings. The molecular weight excluding hydrogens is 390 g/mol. The molecular formula is C24H27N5O2. The van der Waals surface area contributed by atoms with Crippen LogP contribution >= 0.6 is 0 Å². The SMILES string of the molecule is CCC[C@H](N)c1cccc(-c2cc(OCC)c3cnn(-c4cccc(CO)n4)c3c2)n1. The van der Waals surface area contributed by atoms with Crippen molar-refractivity contribution < 1.29 is 9.84 Å². The van der Waals surface area contributed by atoms with Gasteiger partial charge in [0.15, 0.2) is 5.82 Å². The monoisotopic (exact) mass is 417 g/mol. The molecule has 160 valence electrons. The highest BCUT2D eigenvalue weighted by molar-refractivity contribution is 5.90. The standard InChI is InChI=1S/C24H27N5O2/c1-3-7-19(25)21-10-6-9-20(28-21)16-12-22-18(23(13-16)31-4-2)14-26-29(22)24-11-5-8-17(15-30)27-24/h5-6,8-14,19,30H,3-4,7,15,25H2,1-2H3/t19-/m0/s1. The molecule has 7 heteroatoms. The molecule has 4 aromatic rings. The van der Waals surface area contributed by atoms with Crippen molar-refractivity contribution in [3.05, 3.63) is 66.1 Å². The van der Waals surface area contributed by atoms with Gasteiger partial charge in [0.05, 0.1) is 47.4 Å². The number of nitrogens with zero attached hydrogens (tertiary/aromatic N) is 4. The van der Waals surface area contributed by atoms with E-state index in [1.54, 1.807) is 16.9 Å². The fourth-order valence-corrected chi connectivity index (χ4v) is 3.65. The second kappa shape index (κ2) is 9.24. The zero-order valence-electron chi connectivity index (χ0n) is 17.8. The van der Waals surface area contributed by atoms with Crippen molar-refractivity contribution in [2.75, 3.05) is 6.61 Å². The molecule has 0 saturated heterocycles. The van der Waals surface area contributed by atoms with Gasteiger partial charge in [-0.15, -0.1) is 0 Å². The number of hydrogen-bond donors (Lipinski definition) is 2. The van der Waals surface area contributed by atoms with Gasteiger partial charge in [-0.05, 0) is 49.7 Å². The maximum absolute atomic E-state index is 9.46. The maximum atomic E-state index is 9.46. The van der Waals surface area contributed by atoms with Crippen LogP contribution in [0, 0.1) is 0 Å². The first-order chi connectivity index (χ1) is 15.1. The summed E-state index contributed by atoms with van der Waals surface area (Å²) in [5.74, 6) is 1.37. The first-order valence-electron chi connectivity index (χ1n) is 10.6. The van der Waals surface area contributed by atoms with Crippen molar-refractivity contribution in [1.82, 2.24) is 19.7 Å². The number of aliphatic hydroxyl groups excluding tert-OH is 1. The van der Waals surface area contributed by atoms with Crippen molar-refractivity contribution in [1.29, 1.82) is 0 Å². The number of pyridine rings is 2. The number of nitrogens with two attached hydrogens (primary N) is 1. The van der Waals surface area contributed by atoms with Crippen LogP contribution in [0.5, 0.6) is 5.75 Å². The molecule has 0 aliphatic carbocycles. The van der Waals surface area contributed by atoms with Crippen LogP contribution in [0.15, 0.2) is 54.7 Å². The van der Waals surface area contributed by atoms with Crippen LogP contribution in [0.4, 0.5) is 0 Å². The molecule has 0 aliphatic rings. The van der Waals surface area contributed by atoms with Gasteiger partial charge in [-0.2, -0.15) is 5.10 Å². The van der Waals surface area contributed by atoms with Crippen molar-refractivity contribution in [2.24, 2.45) is 5.73 Å². The molecule has 1 atom stereocenters. The second-order valence-electron chi connectivity index (χ2n) is 7.38. The number of aliphatic hydroxyl groups is 1. The summed E-state index contributed by atoms with van der Waals surface area (Å²) >= 11 is 0. The topological polar surface area (TPSA) is 99.1 Å². The Morgan fingerprint density at radius 3 is 2.71 bits per heavy atom. The van der Waals surface area contributed by atoms with Gasteiger partial charge in [0.2, 0.25) is 0 Å². The number of rotatable bonds is 8. The Morgan fingerprint density at radius 2 is 1.94 bits per heavy atom. The fraction of sp³-hybridized carbons (Fsp3) is 0.292. The lowest BCUT2D eigenvalue weighted by atomic mass is 10.1. The van der Waals surface area contributed by atoms with E-state index in [0.717, 1.165) is 46.4 Å². The van der Waals surface area contributed by atoms with E-state index >= 15 is 0 Å². The molecule has 7 nitrogen and oxygen atoms in total.